The standard InChI is InChI=1S/C22H24N2O2/c1-6-16-11-19(24-20(12-16)21(25)14(3)4)10-15(5)22(26)17-8-9-23-18(7-2)13-17/h6-9,11-15H,1-2,10H2,3-5H3. The Morgan fingerprint density at radius 3 is 2.42 bits per heavy atom. The second-order valence-electron chi connectivity index (χ2n) is 6.64. The van der Waals surface area contributed by atoms with E-state index < -0.39 is 0 Å². The zero-order valence-electron chi connectivity index (χ0n) is 15.5. The van der Waals surface area contributed by atoms with Crippen molar-refractivity contribution in [2.24, 2.45) is 11.8 Å². The smallest absolute Gasteiger partial charge is 0.183 e. The van der Waals surface area contributed by atoms with Crippen LogP contribution in [0.25, 0.3) is 12.2 Å². The first-order valence-corrected chi connectivity index (χ1v) is 8.66. The molecule has 0 fully saturated rings. The van der Waals surface area contributed by atoms with Gasteiger partial charge in [0.1, 0.15) is 5.69 Å². The summed E-state index contributed by atoms with van der Waals surface area (Å²) in [6, 6.07) is 7.04. The monoisotopic (exact) mass is 348 g/mol. The maximum Gasteiger partial charge on any atom is 0.183 e. The van der Waals surface area contributed by atoms with Crippen LogP contribution >= 0.6 is 0 Å². The largest absolute Gasteiger partial charge is 0.294 e. The number of hydrogen-bond donors (Lipinski definition) is 0. The summed E-state index contributed by atoms with van der Waals surface area (Å²) in [5.74, 6) is -0.412. The topological polar surface area (TPSA) is 59.9 Å². The molecular formula is C22H24N2O2. The van der Waals surface area contributed by atoms with Crippen molar-refractivity contribution in [1.29, 1.82) is 0 Å². The summed E-state index contributed by atoms with van der Waals surface area (Å²) in [5, 5.41) is 0. The third kappa shape index (κ3) is 4.60. The van der Waals surface area contributed by atoms with Gasteiger partial charge in [-0.2, -0.15) is 0 Å². The van der Waals surface area contributed by atoms with Gasteiger partial charge < -0.3 is 0 Å². The molecule has 2 aromatic heterocycles. The first kappa shape index (κ1) is 19.4. The van der Waals surface area contributed by atoms with Crippen LogP contribution in [-0.2, 0) is 6.42 Å². The van der Waals surface area contributed by atoms with E-state index in [0.717, 1.165) is 5.56 Å². The normalized spacial score (nSPS) is 11.8. The maximum absolute atomic E-state index is 12.7. The van der Waals surface area contributed by atoms with Crippen molar-refractivity contribution in [2.45, 2.75) is 27.2 Å². The minimum Gasteiger partial charge on any atom is -0.294 e. The highest BCUT2D eigenvalue weighted by Crippen LogP contribution is 2.18. The van der Waals surface area contributed by atoms with Crippen LogP contribution in [0.4, 0.5) is 0 Å². The van der Waals surface area contributed by atoms with Crippen molar-refractivity contribution < 1.29 is 9.59 Å². The Kier molecular flexibility index (Phi) is 6.34. The molecule has 26 heavy (non-hydrogen) atoms. The van der Waals surface area contributed by atoms with E-state index in [1.54, 1.807) is 36.5 Å². The second-order valence-corrected chi connectivity index (χ2v) is 6.64. The van der Waals surface area contributed by atoms with Gasteiger partial charge in [-0.1, -0.05) is 40.0 Å². The van der Waals surface area contributed by atoms with Crippen molar-refractivity contribution in [2.75, 3.05) is 0 Å². The van der Waals surface area contributed by atoms with Gasteiger partial charge >= 0.3 is 0 Å². The Morgan fingerprint density at radius 2 is 1.81 bits per heavy atom. The van der Waals surface area contributed by atoms with Crippen LogP contribution in [0.5, 0.6) is 0 Å². The van der Waals surface area contributed by atoms with Crippen LogP contribution in [0.1, 0.15) is 58.6 Å². The van der Waals surface area contributed by atoms with E-state index in [4.69, 9.17) is 0 Å². The summed E-state index contributed by atoms with van der Waals surface area (Å²) in [6.07, 6.45) is 5.35. The third-order valence-electron chi connectivity index (χ3n) is 4.15. The van der Waals surface area contributed by atoms with Gasteiger partial charge in [-0.05, 0) is 42.3 Å². The minimum atomic E-state index is -0.273. The van der Waals surface area contributed by atoms with Crippen molar-refractivity contribution in [3.8, 4) is 0 Å². The number of hydrogen-bond acceptors (Lipinski definition) is 4. The van der Waals surface area contributed by atoms with Gasteiger partial charge in [0.05, 0.1) is 5.69 Å². The van der Waals surface area contributed by atoms with E-state index >= 15 is 0 Å². The SMILES string of the molecule is C=Cc1cc(CC(C)C(=O)c2ccnc(C=C)c2)nc(C(=O)C(C)C)c1. The minimum absolute atomic E-state index is 0.0121. The summed E-state index contributed by atoms with van der Waals surface area (Å²) < 4.78 is 0. The lowest BCUT2D eigenvalue weighted by Crippen LogP contribution is -2.17. The van der Waals surface area contributed by atoms with E-state index in [2.05, 4.69) is 23.1 Å². The van der Waals surface area contributed by atoms with Gasteiger partial charge in [-0.15, -0.1) is 0 Å². The van der Waals surface area contributed by atoms with Crippen LogP contribution in [0, 0.1) is 11.8 Å². The Balaban J connectivity index is 2.27. The summed E-state index contributed by atoms with van der Waals surface area (Å²) in [4.78, 5) is 33.6. The molecular weight excluding hydrogens is 324 g/mol. The molecule has 0 saturated carbocycles. The molecule has 2 heterocycles. The molecule has 4 heteroatoms. The zero-order chi connectivity index (χ0) is 19.3. The Morgan fingerprint density at radius 1 is 1.08 bits per heavy atom. The maximum atomic E-state index is 12.7. The molecule has 1 unspecified atom stereocenters. The molecule has 0 amide bonds. The van der Waals surface area contributed by atoms with Crippen molar-refractivity contribution in [3.05, 3.63) is 71.8 Å². The number of pyridine rings is 2. The van der Waals surface area contributed by atoms with Crippen LogP contribution < -0.4 is 0 Å². The summed E-state index contributed by atoms with van der Waals surface area (Å²) in [5.41, 5.74) is 3.23. The molecule has 0 aliphatic rings. The lowest BCUT2D eigenvalue weighted by molar-refractivity contribution is 0.0927. The zero-order valence-corrected chi connectivity index (χ0v) is 15.5. The molecule has 134 valence electrons. The van der Waals surface area contributed by atoms with Crippen LogP contribution in [-0.4, -0.2) is 21.5 Å². The van der Waals surface area contributed by atoms with Crippen molar-refractivity contribution in [1.82, 2.24) is 9.97 Å². The Labute approximate surface area is 154 Å². The molecule has 0 radical (unpaired) electrons. The number of Topliss-reactive ketones (excluding diaryl/α,β-unsaturated/α-hetero) is 2. The fourth-order valence-electron chi connectivity index (χ4n) is 2.66. The number of carbonyl (C=O) groups excluding carboxylic acids is 2. The lowest BCUT2D eigenvalue weighted by Gasteiger charge is -2.13. The van der Waals surface area contributed by atoms with Crippen LogP contribution in [0.2, 0.25) is 0 Å². The first-order chi connectivity index (χ1) is 12.3. The fourth-order valence-corrected chi connectivity index (χ4v) is 2.66. The lowest BCUT2D eigenvalue weighted by atomic mass is 9.94. The predicted octanol–water partition coefficient (Wildman–Crippen LogP) is 4.66. The van der Waals surface area contributed by atoms with Gasteiger partial charge in [0.2, 0.25) is 0 Å². The number of aromatic nitrogens is 2. The molecule has 0 bridgehead atoms. The van der Waals surface area contributed by atoms with E-state index in [1.807, 2.05) is 26.8 Å². The molecule has 0 aromatic carbocycles. The van der Waals surface area contributed by atoms with E-state index in [0.29, 0.717) is 29.1 Å². The molecule has 0 N–H and O–H groups in total. The first-order valence-electron chi connectivity index (χ1n) is 8.66. The molecule has 0 aliphatic carbocycles. The highest BCUT2D eigenvalue weighted by Gasteiger charge is 2.19. The fraction of sp³-hybridized carbons (Fsp3) is 0.273. The van der Waals surface area contributed by atoms with Crippen molar-refractivity contribution in [3.63, 3.8) is 0 Å². The Hall–Kier alpha value is -2.88. The van der Waals surface area contributed by atoms with Gasteiger partial charge in [0, 0.05) is 29.3 Å². The van der Waals surface area contributed by atoms with Crippen molar-refractivity contribution >= 4 is 23.7 Å². The quantitative estimate of drug-likeness (QED) is 0.651. The molecule has 0 spiro atoms. The molecule has 0 aliphatic heterocycles. The summed E-state index contributed by atoms with van der Waals surface area (Å²) in [7, 11) is 0. The molecule has 4 nitrogen and oxygen atoms in total. The number of ketones is 2. The molecule has 1 atom stereocenters. The van der Waals surface area contributed by atoms with Gasteiger partial charge in [0.15, 0.2) is 11.6 Å². The van der Waals surface area contributed by atoms with Gasteiger partial charge in [0.25, 0.3) is 0 Å². The summed E-state index contributed by atoms with van der Waals surface area (Å²) >= 11 is 0. The highest BCUT2D eigenvalue weighted by molar-refractivity contribution is 5.98. The third-order valence-corrected chi connectivity index (χ3v) is 4.15. The highest BCUT2D eigenvalue weighted by atomic mass is 16.1. The molecule has 2 rings (SSSR count). The van der Waals surface area contributed by atoms with Crippen LogP contribution in [0.15, 0.2) is 43.6 Å². The molecule has 2 aromatic rings. The van der Waals surface area contributed by atoms with E-state index in [9.17, 15) is 9.59 Å². The van der Waals surface area contributed by atoms with Gasteiger partial charge in [-0.3, -0.25) is 14.6 Å². The number of carbonyl (C=O) groups is 2. The van der Waals surface area contributed by atoms with E-state index in [-0.39, 0.29) is 23.4 Å². The number of rotatable bonds is 8. The molecule has 0 saturated heterocycles. The Bertz CT molecular complexity index is 853. The average Bonchev–Trinajstić information content (AvgIpc) is 2.66. The predicted molar refractivity (Wildman–Crippen MR) is 105 cm³/mol. The van der Waals surface area contributed by atoms with Gasteiger partial charge in [-0.25, -0.2) is 4.98 Å². The number of nitrogens with zero attached hydrogens (tertiary/aromatic N) is 2. The average molecular weight is 348 g/mol. The summed E-state index contributed by atoms with van der Waals surface area (Å²) in [6.45, 7) is 13.0. The second kappa shape index (κ2) is 8.48. The van der Waals surface area contributed by atoms with Crippen LogP contribution in [0.3, 0.4) is 0 Å². The van der Waals surface area contributed by atoms with E-state index in [1.165, 1.54) is 0 Å².